The average molecular weight is 380 g/mol. The van der Waals surface area contributed by atoms with Gasteiger partial charge in [-0.05, 0) is 30.7 Å². The van der Waals surface area contributed by atoms with Gasteiger partial charge in [-0.15, -0.1) is 0 Å². The minimum atomic E-state index is 0.0234. The molecule has 0 saturated heterocycles. The third-order valence-corrected chi connectivity index (χ3v) is 4.31. The van der Waals surface area contributed by atoms with Gasteiger partial charge in [0.25, 0.3) is 0 Å². The summed E-state index contributed by atoms with van der Waals surface area (Å²) in [5.41, 5.74) is 7.05. The largest absolute Gasteiger partial charge is 0.383 e. The number of nitrogens with zero attached hydrogens (tertiary/aromatic N) is 1. The van der Waals surface area contributed by atoms with Crippen LogP contribution in [0.4, 0.5) is 0 Å². The maximum absolute atomic E-state index is 6.36. The standard InChI is InChI=1S/C15H24BrClN2O2/c1-11(10-21-3)19(6-7-20-2)15(9-18)13-8-12(16)4-5-14(13)17/h4-5,8,11,15H,6-7,9-10,18H2,1-3H3. The molecule has 120 valence electrons. The zero-order valence-corrected chi connectivity index (χ0v) is 15.2. The number of hydrogen-bond donors (Lipinski definition) is 1. The van der Waals surface area contributed by atoms with E-state index >= 15 is 0 Å². The Morgan fingerprint density at radius 2 is 2.05 bits per heavy atom. The van der Waals surface area contributed by atoms with Gasteiger partial charge < -0.3 is 15.2 Å². The van der Waals surface area contributed by atoms with Gasteiger partial charge in [-0.25, -0.2) is 0 Å². The van der Waals surface area contributed by atoms with Gasteiger partial charge in [-0.3, -0.25) is 4.90 Å². The number of nitrogens with two attached hydrogens (primary N) is 1. The molecule has 6 heteroatoms. The maximum atomic E-state index is 6.36. The van der Waals surface area contributed by atoms with Crippen LogP contribution in [-0.2, 0) is 9.47 Å². The molecule has 0 radical (unpaired) electrons. The Morgan fingerprint density at radius 1 is 1.33 bits per heavy atom. The molecule has 4 nitrogen and oxygen atoms in total. The quantitative estimate of drug-likeness (QED) is 0.716. The van der Waals surface area contributed by atoms with Crippen molar-refractivity contribution in [3.8, 4) is 0 Å². The normalized spacial score (nSPS) is 14.4. The zero-order chi connectivity index (χ0) is 15.8. The Kier molecular flexibility index (Phi) is 8.78. The van der Waals surface area contributed by atoms with Crippen LogP contribution >= 0.6 is 27.5 Å². The average Bonchev–Trinajstić information content (AvgIpc) is 2.46. The van der Waals surface area contributed by atoms with Crippen LogP contribution in [0, 0.1) is 0 Å². The Morgan fingerprint density at radius 3 is 2.62 bits per heavy atom. The van der Waals surface area contributed by atoms with Crippen molar-refractivity contribution < 1.29 is 9.47 Å². The number of halogens is 2. The Hall–Kier alpha value is -0.170. The van der Waals surface area contributed by atoms with E-state index in [1.807, 2.05) is 18.2 Å². The first-order chi connectivity index (χ1) is 10.0. The first-order valence-corrected chi connectivity index (χ1v) is 8.10. The minimum absolute atomic E-state index is 0.0234. The van der Waals surface area contributed by atoms with Crippen molar-refractivity contribution in [1.29, 1.82) is 0 Å². The van der Waals surface area contributed by atoms with Gasteiger partial charge in [0.15, 0.2) is 0 Å². The Balaban J connectivity index is 3.07. The molecule has 1 aromatic rings. The van der Waals surface area contributed by atoms with Crippen LogP contribution in [0.2, 0.25) is 5.02 Å². The summed E-state index contributed by atoms with van der Waals surface area (Å²) in [4.78, 5) is 2.28. The zero-order valence-electron chi connectivity index (χ0n) is 12.8. The van der Waals surface area contributed by atoms with Gasteiger partial charge in [-0.1, -0.05) is 27.5 Å². The number of rotatable bonds is 9. The molecule has 2 N–H and O–H groups in total. The summed E-state index contributed by atoms with van der Waals surface area (Å²) < 4.78 is 11.5. The van der Waals surface area contributed by atoms with Crippen molar-refractivity contribution in [3.63, 3.8) is 0 Å². The SMILES string of the molecule is COCCN(C(C)COC)C(CN)c1cc(Br)ccc1Cl. The van der Waals surface area contributed by atoms with E-state index < -0.39 is 0 Å². The Bertz CT molecular complexity index is 434. The predicted octanol–water partition coefficient (Wildman–Crippen LogP) is 3.09. The summed E-state index contributed by atoms with van der Waals surface area (Å²) >= 11 is 9.86. The van der Waals surface area contributed by atoms with Crippen molar-refractivity contribution in [3.05, 3.63) is 33.3 Å². The fraction of sp³-hybridized carbons (Fsp3) is 0.600. The highest BCUT2D eigenvalue weighted by atomic mass is 79.9. The van der Waals surface area contributed by atoms with E-state index in [0.29, 0.717) is 19.8 Å². The van der Waals surface area contributed by atoms with Crippen LogP contribution in [0.25, 0.3) is 0 Å². The second kappa shape index (κ2) is 9.77. The Labute approximate surface area is 140 Å². The van der Waals surface area contributed by atoms with Gasteiger partial charge in [0.2, 0.25) is 0 Å². The van der Waals surface area contributed by atoms with Crippen LogP contribution in [0.1, 0.15) is 18.5 Å². The number of methoxy groups -OCH3 is 2. The summed E-state index contributed by atoms with van der Waals surface area (Å²) in [6.07, 6.45) is 0. The maximum Gasteiger partial charge on any atom is 0.0615 e. The minimum Gasteiger partial charge on any atom is -0.383 e. The van der Waals surface area contributed by atoms with E-state index in [0.717, 1.165) is 21.6 Å². The number of hydrogen-bond acceptors (Lipinski definition) is 4. The summed E-state index contributed by atoms with van der Waals surface area (Å²) in [5.74, 6) is 0. The van der Waals surface area contributed by atoms with E-state index in [9.17, 15) is 0 Å². The molecule has 1 rings (SSSR count). The van der Waals surface area contributed by atoms with E-state index in [2.05, 4.69) is 27.8 Å². The van der Waals surface area contributed by atoms with E-state index in [-0.39, 0.29) is 12.1 Å². The summed E-state index contributed by atoms with van der Waals surface area (Å²) in [7, 11) is 3.40. The first kappa shape index (κ1) is 18.9. The highest BCUT2D eigenvalue weighted by Crippen LogP contribution is 2.30. The molecule has 2 atom stereocenters. The molecular formula is C15H24BrClN2O2. The lowest BCUT2D eigenvalue weighted by molar-refractivity contribution is 0.0487. The molecule has 21 heavy (non-hydrogen) atoms. The van der Waals surface area contributed by atoms with Crippen LogP contribution in [0.15, 0.2) is 22.7 Å². The lowest BCUT2D eigenvalue weighted by atomic mass is 10.0. The number of ether oxygens (including phenoxy) is 2. The molecule has 0 aliphatic carbocycles. The number of benzene rings is 1. The molecule has 0 bridgehead atoms. The summed E-state index contributed by atoms with van der Waals surface area (Å²) in [6.45, 7) is 4.63. The molecule has 1 aromatic carbocycles. The topological polar surface area (TPSA) is 47.7 Å². The summed E-state index contributed by atoms with van der Waals surface area (Å²) in [5, 5.41) is 0.723. The van der Waals surface area contributed by atoms with Gasteiger partial charge in [0.05, 0.1) is 13.2 Å². The fourth-order valence-corrected chi connectivity index (χ4v) is 3.05. The monoisotopic (exact) mass is 378 g/mol. The molecule has 0 spiro atoms. The molecule has 0 saturated carbocycles. The molecule has 0 aliphatic rings. The van der Waals surface area contributed by atoms with E-state index in [1.54, 1.807) is 14.2 Å². The van der Waals surface area contributed by atoms with E-state index in [1.165, 1.54) is 0 Å². The van der Waals surface area contributed by atoms with Crippen molar-refractivity contribution in [1.82, 2.24) is 4.90 Å². The fourth-order valence-electron chi connectivity index (χ4n) is 2.43. The van der Waals surface area contributed by atoms with Gasteiger partial charge in [-0.2, -0.15) is 0 Å². The third-order valence-electron chi connectivity index (χ3n) is 3.47. The van der Waals surface area contributed by atoms with Crippen LogP contribution < -0.4 is 5.73 Å². The molecule has 0 fully saturated rings. The second-order valence-corrected chi connectivity index (χ2v) is 6.28. The van der Waals surface area contributed by atoms with Gasteiger partial charge >= 0.3 is 0 Å². The highest BCUT2D eigenvalue weighted by Gasteiger charge is 2.25. The van der Waals surface area contributed by atoms with Crippen molar-refractivity contribution >= 4 is 27.5 Å². The third kappa shape index (κ3) is 5.51. The summed E-state index contributed by atoms with van der Waals surface area (Å²) in [6, 6.07) is 6.08. The predicted molar refractivity (Wildman–Crippen MR) is 90.9 cm³/mol. The lowest BCUT2D eigenvalue weighted by Gasteiger charge is -2.36. The molecule has 0 aliphatic heterocycles. The molecule has 0 aromatic heterocycles. The van der Waals surface area contributed by atoms with Crippen LogP contribution in [0.5, 0.6) is 0 Å². The molecule has 0 amide bonds. The molecule has 0 heterocycles. The molecular weight excluding hydrogens is 356 g/mol. The van der Waals surface area contributed by atoms with Crippen molar-refractivity contribution in [2.45, 2.75) is 19.0 Å². The van der Waals surface area contributed by atoms with Crippen molar-refractivity contribution in [2.24, 2.45) is 5.73 Å². The smallest absolute Gasteiger partial charge is 0.0615 e. The highest BCUT2D eigenvalue weighted by molar-refractivity contribution is 9.10. The first-order valence-electron chi connectivity index (χ1n) is 6.93. The second-order valence-electron chi connectivity index (χ2n) is 4.95. The van der Waals surface area contributed by atoms with Crippen LogP contribution in [-0.4, -0.2) is 51.5 Å². The lowest BCUT2D eigenvalue weighted by Crippen LogP contribution is -2.44. The van der Waals surface area contributed by atoms with Gasteiger partial charge in [0.1, 0.15) is 0 Å². The van der Waals surface area contributed by atoms with Crippen LogP contribution in [0.3, 0.4) is 0 Å². The van der Waals surface area contributed by atoms with E-state index in [4.69, 9.17) is 26.8 Å². The molecule has 2 unspecified atom stereocenters. The van der Waals surface area contributed by atoms with Gasteiger partial charge in [0, 0.05) is 48.9 Å². The van der Waals surface area contributed by atoms with Crippen molar-refractivity contribution in [2.75, 3.05) is 40.5 Å².